The lowest BCUT2D eigenvalue weighted by molar-refractivity contribution is -0.138. The number of halogens is 3. The molecule has 116 valence electrons. The van der Waals surface area contributed by atoms with Crippen molar-refractivity contribution in [3.8, 4) is 0 Å². The van der Waals surface area contributed by atoms with Gasteiger partial charge in [-0.25, -0.2) is 0 Å². The van der Waals surface area contributed by atoms with Crippen LogP contribution in [-0.4, -0.2) is 15.6 Å². The van der Waals surface area contributed by atoms with Crippen molar-refractivity contribution in [2.75, 3.05) is 0 Å². The summed E-state index contributed by atoms with van der Waals surface area (Å²) in [5.74, 6) is 0. The Kier molecular flexibility index (Phi) is 3.77. The van der Waals surface area contributed by atoms with Crippen LogP contribution in [0.25, 0.3) is 0 Å². The minimum Gasteiger partial charge on any atom is -0.385 e. The fourth-order valence-electron chi connectivity index (χ4n) is 3.63. The summed E-state index contributed by atoms with van der Waals surface area (Å²) in [5, 5.41) is 11.8. The van der Waals surface area contributed by atoms with Crippen LogP contribution in [0.15, 0.2) is 18.2 Å². The Balaban J connectivity index is 1.91. The molecule has 0 amide bonds. The molecule has 5 heteroatoms. The Morgan fingerprint density at radius 2 is 1.81 bits per heavy atom. The van der Waals surface area contributed by atoms with Crippen molar-refractivity contribution in [3.05, 3.63) is 34.9 Å². The molecular weight excluding hydrogens is 297 g/mol. The Labute approximate surface area is 126 Å². The summed E-state index contributed by atoms with van der Waals surface area (Å²) < 4.78 is 38.5. The van der Waals surface area contributed by atoms with Gasteiger partial charge >= 0.3 is 6.18 Å². The van der Waals surface area contributed by atoms with E-state index in [1.807, 2.05) is 11.8 Å². The molecule has 0 aromatic heterocycles. The second-order valence-electron chi connectivity index (χ2n) is 6.28. The SMILES string of the molecule is Cc1cc(C2(O)CC3CCCC(C2)S3)ccc1C(F)(F)F. The van der Waals surface area contributed by atoms with Gasteiger partial charge in [-0.15, -0.1) is 0 Å². The number of aryl methyl sites for hydroxylation is 1. The van der Waals surface area contributed by atoms with Crippen molar-refractivity contribution < 1.29 is 18.3 Å². The van der Waals surface area contributed by atoms with Gasteiger partial charge in [-0.1, -0.05) is 18.6 Å². The largest absolute Gasteiger partial charge is 0.416 e. The second kappa shape index (κ2) is 5.20. The lowest BCUT2D eigenvalue weighted by Crippen LogP contribution is -2.40. The van der Waals surface area contributed by atoms with Crippen LogP contribution >= 0.6 is 11.8 Å². The van der Waals surface area contributed by atoms with E-state index in [1.165, 1.54) is 25.5 Å². The highest BCUT2D eigenvalue weighted by molar-refractivity contribution is 8.00. The number of rotatable bonds is 1. The highest BCUT2D eigenvalue weighted by Crippen LogP contribution is 2.49. The second-order valence-corrected chi connectivity index (χ2v) is 7.88. The fraction of sp³-hybridized carbons (Fsp3) is 0.625. The summed E-state index contributed by atoms with van der Waals surface area (Å²) >= 11 is 1.94. The average molecular weight is 316 g/mol. The third-order valence-electron chi connectivity index (χ3n) is 4.64. The molecule has 0 spiro atoms. The van der Waals surface area contributed by atoms with Crippen LogP contribution < -0.4 is 0 Å². The Morgan fingerprint density at radius 3 is 2.33 bits per heavy atom. The summed E-state index contributed by atoms with van der Waals surface area (Å²) in [5.41, 5.74) is -0.738. The predicted octanol–water partition coefficient (Wildman–Crippen LogP) is 4.65. The Hall–Kier alpha value is -0.680. The zero-order valence-electron chi connectivity index (χ0n) is 11.9. The van der Waals surface area contributed by atoms with Gasteiger partial charge in [0, 0.05) is 10.5 Å². The van der Waals surface area contributed by atoms with E-state index in [0.29, 0.717) is 28.9 Å². The molecule has 1 nitrogen and oxygen atoms in total. The van der Waals surface area contributed by atoms with E-state index in [-0.39, 0.29) is 5.56 Å². The van der Waals surface area contributed by atoms with E-state index < -0.39 is 17.3 Å². The number of alkyl halides is 3. The van der Waals surface area contributed by atoms with E-state index in [2.05, 4.69) is 0 Å². The molecule has 0 aliphatic carbocycles. The first-order chi connectivity index (χ1) is 9.78. The van der Waals surface area contributed by atoms with Crippen LogP contribution in [0.1, 0.15) is 48.8 Å². The number of thioether (sulfide) groups is 1. The highest BCUT2D eigenvalue weighted by Gasteiger charge is 2.43. The molecule has 1 aromatic rings. The van der Waals surface area contributed by atoms with Crippen LogP contribution in [-0.2, 0) is 11.8 Å². The third-order valence-corrected chi connectivity index (χ3v) is 6.21. The van der Waals surface area contributed by atoms with Gasteiger partial charge in [0.25, 0.3) is 0 Å². The van der Waals surface area contributed by atoms with Crippen LogP contribution in [0, 0.1) is 6.92 Å². The predicted molar refractivity (Wildman–Crippen MR) is 78.3 cm³/mol. The van der Waals surface area contributed by atoms with Crippen molar-refractivity contribution in [1.29, 1.82) is 0 Å². The fourth-order valence-corrected chi connectivity index (χ4v) is 5.52. The third kappa shape index (κ3) is 2.95. The van der Waals surface area contributed by atoms with Crippen LogP contribution in [0.2, 0.25) is 0 Å². The maximum atomic E-state index is 12.8. The van der Waals surface area contributed by atoms with E-state index >= 15 is 0 Å². The first kappa shape index (κ1) is 15.2. The molecule has 2 atom stereocenters. The van der Waals surface area contributed by atoms with E-state index in [4.69, 9.17) is 0 Å². The van der Waals surface area contributed by atoms with Crippen molar-refractivity contribution >= 4 is 11.8 Å². The summed E-state index contributed by atoms with van der Waals surface area (Å²) in [7, 11) is 0. The zero-order valence-corrected chi connectivity index (χ0v) is 12.7. The van der Waals surface area contributed by atoms with Gasteiger partial charge in [0.05, 0.1) is 11.2 Å². The molecule has 21 heavy (non-hydrogen) atoms. The molecular formula is C16H19F3OS. The summed E-state index contributed by atoms with van der Waals surface area (Å²) in [4.78, 5) is 0. The van der Waals surface area contributed by atoms with Crippen LogP contribution in [0.3, 0.4) is 0 Å². The number of benzene rings is 1. The minimum absolute atomic E-state index is 0.191. The van der Waals surface area contributed by atoms with E-state index in [1.54, 1.807) is 0 Å². The normalized spacial score (nSPS) is 33.0. The van der Waals surface area contributed by atoms with Gasteiger partial charge in [0.1, 0.15) is 0 Å². The van der Waals surface area contributed by atoms with Crippen molar-refractivity contribution in [2.24, 2.45) is 0 Å². The molecule has 2 unspecified atom stereocenters. The molecule has 2 fully saturated rings. The van der Waals surface area contributed by atoms with Gasteiger partial charge in [-0.05, 0) is 49.8 Å². The van der Waals surface area contributed by atoms with Crippen LogP contribution in [0.5, 0.6) is 0 Å². The van der Waals surface area contributed by atoms with E-state index in [9.17, 15) is 18.3 Å². The summed E-state index contributed by atoms with van der Waals surface area (Å²) in [6, 6.07) is 4.09. The smallest absolute Gasteiger partial charge is 0.385 e. The van der Waals surface area contributed by atoms with Gasteiger partial charge < -0.3 is 5.11 Å². The first-order valence-electron chi connectivity index (χ1n) is 7.34. The van der Waals surface area contributed by atoms with Gasteiger partial charge in [0.15, 0.2) is 0 Å². The monoisotopic (exact) mass is 316 g/mol. The maximum Gasteiger partial charge on any atom is 0.416 e. The number of hydrogen-bond donors (Lipinski definition) is 1. The van der Waals surface area contributed by atoms with Gasteiger partial charge in [-0.2, -0.15) is 24.9 Å². The Bertz CT molecular complexity index is 529. The standard InChI is InChI=1S/C16H19F3OS/c1-10-7-11(5-6-14(10)16(17,18)19)15(20)8-12-3-2-4-13(9-15)21-12/h5-7,12-13,20H,2-4,8-9H2,1H3. The first-order valence-corrected chi connectivity index (χ1v) is 8.28. The molecule has 2 aliphatic heterocycles. The summed E-state index contributed by atoms with van der Waals surface area (Å²) in [6.45, 7) is 1.47. The molecule has 3 rings (SSSR count). The molecule has 2 heterocycles. The lowest BCUT2D eigenvalue weighted by Gasteiger charge is -2.44. The molecule has 2 aliphatic rings. The highest BCUT2D eigenvalue weighted by atomic mass is 32.2. The van der Waals surface area contributed by atoms with Gasteiger partial charge in [-0.3, -0.25) is 0 Å². The number of hydrogen-bond acceptors (Lipinski definition) is 2. The molecule has 2 saturated heterocycles. The molecule has 1 aromatic carbocycles. The van der Waals surface area contributed by atoms with Crippen molar-refractivity contribution in [2.45, 2.75) is 61.3 Å². The minimum atomic E-state index is -4.33. The Morgan fingerprint density at radius 1 is 1.19 bits per heavy atom. The summed E-state index contributed by atoms with van der Waals surface area (Å²) in [6.07, 6.45) is 0.374. The van der Waals surface area contributed by atoms with Crippen molar-refractivity contribution in [1.82, 2.24) is 0 Å². The quantitative estimate of drug-likeness (QED) is 0.814. The zero-order chi connectivity index (χ0) is 15.3. The van der Waals surface area contributed by atoms with Crippen LogP contribution in [0.4, 0.5) is 13.2 Å². The van der Waals surface area contributed by atoms with Gasteiger partial charge in [0.2, 0.25) is 0 Å². The molecule has 1 N–H and O–H groups in total. The molecule has 2 bridgehead atoms. The van der Waals surface area contributed by atoms with E-state index in [0.717, 1.165) is 18.9 Å². The number of aliphatic hydroxyl groups is 1. The lowest BCUT2D eigenvalue weighted by atomic mass is 9.80. The average Bonchev–Trinajstić information content (AvgIpc) is 2.36. The topological polar surface area (TPSA) is 20.2 Å². The van der Waals surface area contributed by atoms with Crippen molar-refractivity contribution in [3.63, 3.8) is 0 Å². The molecule has 0 saturated carbocycles. The maximum absolute atomic E-state index is 12.8. The number of fused-ring (bicyclic) bond motifs is 2. The molecule has 0 radical (unpaired) electrons.